The van der Waals surface area contributed by atoms with Crippen LogP contribution in [0.5, 0.6) is 0 Å². The summed E-state index contributed by atoms with van der Waals surface area (Å²) in [6.45, 7) is 10.7. The molecule has 0 saturated heterocycles. The molecule has 18 heavy (non-hydrogen) atoms. The largest absolute Gasteiger partial charge is 0.383 e. The molecule has 0 spiro atoms. The number of nitrogens with one attached hydrogen (secondary N) is 1. The fraction of sp³-hybridized carbons (Fsp3) is 0.692. The minimum atomic E-state index is -0.246. The molecule has 0 amide bonds. The van der Waals surface area contributed by atoms with Gasteiger partial charge in [-0.25, -0.2) is 9.97 Å². The summed E-state index contributed by atoms with van der Waals surface area (Å²) in [5, 5.41) is 3.28. The van der Waals surface area contributed by atoms with Crippen molar-refractivity contribution >= 4 is 11.6 Å². The Balaban J connectivity index is 2.94. The second kappa shape index (κ2) is 5.52. The lowest BCUT2D eigenvalue weighted by Crippen LogP contribution is -2.32. The maximum absolute atomic E-state index is 5.91. The zero-order chi connectivity index (χ0) is 13.9. The highest BCUT2D eigenvalue weighted by atomic mass is 16.5. The molecule has 0 aliphatic rings. The Morgan fingerprint density at radius 1 is 1.33 bits per heavy atom. The predicted molar refractivity (Wildman–Crippen MR) is 74.8 cm³/mol. The van der Waals surface area contributed by atoms with Crippen molar-refractivity contribution in [3.8, 4) is 0 Å². The number of nitrogen functional groups attached to an aromatic ring is 1. The van der Waals surface area contributed by atoms with Crippen molar-refractivity contribution in [2.75, 3.05) is 24.7 Å². The van der Waals surface area contributed by atoms with Crippen LogP contribution in [0.25, 0.3) is 0 Å². The topological polar surface area (TPSA) is 73.1 Å². The van der Waals surface area contributed by atoms with Crippen molar-refractivity contribution in [3.63, 3.8) is 0 Å². The first-order valence-electron chi connectivity index (χ1n) is 6.20. The molecule has 5 nitrogen and oxygen atoms in total. The second-order valence-electron chi connectivity index (χ2n) is 5.41. The van der Waals surface area contributed by atoms with Gasteiger partial charge in [-0.15, -0.1) is 0 Å². The Kier molecular flexibility index (Phi) is 4.51. The third-order valence-corrected chi connectivity index (χ3v) is 2.95. The van der Waals surface area contributed by atoms with Crippen LogP contribution in [-0.4, -0.2) is 29.2 Å². The Labute approximate surface area is 109 Å². The van der Waals surface area contributed by atoms with Crippen molar-refractivity contribution in [1.29, 1.82) is 0 Å². The molecule has 1 aromatic heterocycles. The van der Waals surface area contributed by atoms with E-state index in [4.69, 9.17) is 10.5 Å². The van der Waals surface area contributed by atoms with Crippen LogP contribution in [0.3, 0.4) is 0 Å². The lowest BCUT2D eigenvalue weighted by molar-refractivity contribution is 0.0343. The van der Waals surface area contributed by atoms with Gasteiger partial charge >= 0.3 is 0 Å². The molecule has 0 radical (unpaired) electrons. The summed E-state index contributed by atoms with van der Waals surface area (Å²) in [6, 6.07) is 0. The first-order valence-corrected chi connectivity index (χ1v) is 6.20. The van der Waals surface area contributed by atoms with Crippen LogP contribution in [0.15, 0.2) is 0 Å². The van der Waals surface area contributed by atoms with Crippen LogP contribution < -0.4 is 11.1 Å². The van der Waals surface area contributed by atoms with Gasteiger partial charge in [0.05, 0.1) is 5.60 Å². The highest BCUT2D eigenvalue weighted by molar-refractivity contribution is 5.55. The minimum Gasteiger partial charge on any atom is -0.383 e. The summed E-state index contributed by atoms with van der Waals surface area (Å²) < 4.78 is 5.37. The maximum atomic E-state index is 5.91. The summed E-state index contributed by atoms with van der Waals surface area (Å²) in [5.41, 5.74) is 6.54. The van der Waals surface area contributed by atoms with E-state index in [2.05, 4.69) is 15.3 Å². The molecule has 3 N–H and O–H groups in total. The average Bonchev–Trinajstić information content (AvgIpc) is 2.30. The number of ether oxygens (including phenoxy) is 1. The number of hydrogen-bond acceptors (Lipinski definition) is 5. The smallest absolute Gasteiger partial charge is 0.135 e. The van der Waals surface area contributed by atoms with Gasteiger partial charge in [-0.3, -0.25) is 0 Å². The number of methoxy groups -OCH3 is 1. The predicted octanol–water partition coefficient (Wildman–Crippen LogP) is 2.33. The minimum absolute atomic E-state index is 0.246. The number of hydrogen-bond donors (Lipinski definition) is 2. The van der Waals surface area contributed by atoms with Crippen molar-refractivity contribution in [2.24, 2.45) is 0 Å². The first kappa shape index (κ1) is 14.7. The first-order chi connectivity index (χ1) is 8.26. The van der Waals surface area contributed by atoms with Gasteiger partial charge in [-0.05, 0) is 20.8 Å². The fourth-order valence-corrected chi connectivity index (χ4v) is 1.35. The van der Waals surface area contributed by atoms with Gasteiger partial charge in [-0.1, -0.05) is 13.8 Å². The molecule has 1 aromatic rings. The van der Waals surface area contributed by atoms with Crippen LogP contribution in [0.4, 0.5) is 11.6 Å². The quantitative estimate of drug-likeness (QED) is 0.841. The molecule has 0 aliphatic heterocycles. The fourth-order valence-electron chi connectivity index (χ4n) is 1.35. The monoisotopic (exact) mass is 252 g/mol. The van der Waals surface area contributed by atoms with E-state index in [1.54, 1.807) is 7.11 Å². The molecule has 1 rings (SSSR count). The van der Waals surface area contributed by atoms with Crippen molar-refractivity contribution in [2.45, 2.75) is 46.1 Å². The Morgan fingerprint density at radius 3 is 2.44 bits per heavy atom. The van der Waals surface area contributed by atoms with Crippen molar-refractivity contribution in [1.82, 2.24) is 9.97 Å². The summed E-state index contributed by atoms with van der Waals surface area (Å²) >= 11 is 0. The Hall–Kier alpha value is -1.36. The average molecular weight is 252 g/mol. The van der Waals surface area contributed by atoms with E-state index in [1.807, 2.05) is 34.6 Å². The SMILES string of the molecule is COC(C)(C)CNc1nc(C(C)C)nc(N)c1C. The van der Waals surface area contributed by atoms with Crippen LogP contribution >= 0.6 is 0 Å². The highest BCUT2D eigenvalue weighted by Crippen LogP contribution is 2.21. The molecule has 0 fully saturated rings. The third kappa shape index (κ3) is 3.57. The molecule has 0 aliphatic carbocycles. The molecule has 0 aromatic carbocycles. The number of aromatic nitrogens is 2. The Morgan fingerprint density at radius 2 is 1.94 bits per heavy atom. The van der Waals surface area contributed by atoms with Gasteiger partial charge in [0.25, 0.3) is 0 Å². The molecule has 1 heterocycles. The van der Waals surface area contributed by atoms with Gasteiger partial charge in [0.1, 0.15) is 17.5 Å². The summed E-state index contributed by atoms with van der Waals surface area (Å²) in [6.07, 6.45) is 0. The molecular weight excluding hydrogens is 228 g/mol. The normalized spacial score (nSPS) is 11.9. The van der Waals surface area contributed by atoms with E-state index < -0.39 is 0 Å². The lowest BCUT2D eigenvalue weighted by atomic mass is 10.1. The summed E-state index contributed by atoms with van der Waals surface area (Å²) in [5.74, 6) is 2.34. The van der Waals surface area contributed by atoms with Gasteiger partial charge in [-0.2, -0.15) is 0 Å². The van der Waals surface area contributed by atoms with Gasteiger partial charge in [0.2, 0.25) is 0 Å². The van der Waals surface area contributed by atoms with E-state index in [-0.39, 0.29) is 11.5 Å². The van der Waals surface area contributed by atoms with E-state index in [1.165, 1.54) is 0 Å². The van der Waals surface area contributed by atoms with E-state index in [0.717, 1.165) is 17.2 Å². The van der Waals surface area contributed by atoms with Gasteiger partial charge < -0.3 is 15.8 Å². The van der Waals surface area contributed by atoms with Crippen molar-refractivity contribution in [3.05, 3.63) is 11.4 Å². The van der Waals surface area contributed by atoms with Crippen LogP contribution in [0.2, 0.25) is 0 Å². The van der Waals surface area contributed by atoms with Gasteiger partial charge in [0.15, 0.2) is 0 Å². The van der Waals surface area contributed by atoms with Crippen LogP contribution in [-0.2, 0) is 4.74 Å². The molecule has 102 valence electrons. The summed E-state index contributed by atoms with van der Waals surface area (Å²) in [4.78, 5) is 8.81. The van der Waals surface area contributed by atoms with E-state index in [0.29, 0.717) is 12.4 Å². The zero-order valence-corrected chi connectivity index (χ0v) is 12.2. The number of rotatable bonds is 5. The van der Waals surface area contributed by atoms with Crippen LogP contribution in [0.1, 0.15) is 45.0 Å². The number of anilines is 2. The number of nitrogens with zero attached hydrogens (tertiary/aromatic N) is 2. The van der Waals surface area contributed by atoms with E-state index >= 15 is 0 Å². The zero-order valence-electron chi connectivity index (χ0n) is 12.2. The van der Waals surface area contributed by atoms with Gasteiger partial charge in [0, 0.05) is 25.1 Å². The third-order valence-electron chi connectivity index (χ3n) is 2.95. The van der Waals surface area contributed by atoms with E-state index in [9.17, 15) is 0 Å². The molecule has 0 atom stereocenters. The molecule has 0 saturated carbocycles. The maximum Gasteiger partial charge on any atom is 0.135 e. The highest BCUT2D eigenvalue weighted by Gasteiger charge is 2.18. The standard InChI is InChI=1S/C13H24N4O/c1-8(2)11-16-10(14)9(3)12(17-11)15-7-13(4,5)18-6/h8H,7H2,1-6H3,(H3,14,15,16,17). The lowest BCUT2D eigenvalue weighted by Gasteiger charge is -2.24. The van der Waals surface area contributed by atoms with Crippen molar-refractivity contribution < 1.29 is 4.74 Å². The molecular formula is C13H24N4O. The summed E-state index contributed by atoms with van der Waals surface area (Å²) in [7, 11) is 1.70. The molecule has 5 heteroatoms. The molecule has 0 bridgehead atoms. The molecule has 0 unspecified atom stereocenters. The number of nitrogens with two attached hydrogens (primary N) is 1. The van der Waals surface area contributed by atoms with Crippen LogP contribution in [0, 0.1) is 6.92 Å². The Bertz CT molecular complexity index is 416. The second-order valence-corrected chi connectivity index (χ2v) is 5.41.